The third-order valence-corrected chi connectivity index (χ3v) is 11.6. The van der Waals surface area contributed by atoms with Crippen LogP contribution in [0.15, 0.2) is 169 Å². The van der Waals surface area contributed by atoms with Crippen molar-refractivity contribution < 1.29 is 0 Å². The van der Waals surface area contributed by atoms with Crippen LogP contribution in [0.25, 0.3) is 93.0 Å². The van der Waals surface area contributed by atoms with Crippen molar-refractivity contribution in [1.29, 1.82) is 0 Å². The van der Waals surface area contributed by atoms with Gasteiger partial charge in [0.2, 0.25) is 0 Å². The van der Waals surface area contributed by atoms with Gasteiger partial charge in [-0.3, -0.25) is 0 Å². The molecule has 0 radical (unpaired) electrons. The molecular formula is C51H34. The maximum Gasteiger partial charge on any atom is 0.00909 e. The maximum absolute atomic E-state index is 2.50. The summed E-state index contributed by atoms with van der Waals surface area (Å²) in [6.07, 6.45) is 7.34. The van der Waals surface area contributed by atoms with Gasteiger partial charge in [0.15, 0.2) is 0 Å². The third-order valence-electron chi connectivity index (χ3n) is 11.6. The molecule has 0 amide bonds. The van der Waals surface area contributed by atoms with E-state index in [9.17, 15) is 0 Å². The van der Waals surface area contributed by atoms with Gasteiger partial charge in [0.05, 0.1) is 0 Å². The first kappa shape index (κ1) is 28.6. The molecule has 0 aromatic heterocycles. The van der Waals surface area contributed by atoms with Crippen LogP contribution >= 0.6 is 0 Å². The molecule has 0 N–H and O–H groups in total. The number of fused-ring (bicyclic) bond motifs is 11. The van der Waals surface area contributed by atoms with Gasteiger partial charge in [0.25, 0.3) is 0 Å². The highest BCUT2D eigenvalue weighted by Gasteiger charge is 2.33. The Bertz CT molecular complexity index is 3140. The zero-order valence-corrected chi connectivity index (χ0v) is 28.7. The molecule has 0 heterocycles. The van der Waals surface area contributed by atoms with E-state index in [1.807, 2.05) is 0 Å². The number of hydrogen-bond donors (Lipinski definition) is 0. The van der Waals surface area contributed by atoms with Crippen molar-refractivity contribution >= 4 is 81.9 Å². The summed E-state index contributed by atoms with van der Waals surface area (Å²) in [5.74, 6) is 0. The number of benzene rings is 9. The molecule has 11 rings (SSSR count). The van der Waals surface area contributed by atoms with Gasteiger partial charge in [-0.1, -0.05) is 166 Å². The average Bonchev–Trinajstić information content (AvgIpc) is 3.57. The molecule has 0 nitrogen and oxygen atoms in total. The van der Waals surface area contributed by atoms with Gasteiger partial charge in [-0.25, -0.2) is 0 Å². The molecule has 0 heteroatoms. The van der Waals surface area contributed by atoms with Gasteiger partial charge in [0, 0.05) is 5.41 Å². The summed E-state index contributed by atoms with van der Waals surface area (Å²) in [5.41, 5.74) is 7.83. The Balaban J connectivity index is 1.28. The van der Waals surface area contributed by atoms with E-state index in [1.54, 1.807) is 0 Å². The second-order valence-electron chi connectivity index (χ2n) is 14.8. The molecule has 0 saturated heterocycles. The van der Waals surface area contributed by atoms with Gasteiger partial charge < -0.3 is 0 Å². The molecule has 0 unspecified atom stereocenters. The van der Waals surface area contributed by atoms with Gasteiger partial charge in [-0.2, -0.15) is 0 Å². The SMILES string of the molecule is CC1(C)C=CC(c2c3ccccc3c(-c3cccc4ccccc34)c3ccccc23)=C2C=c3cc4c5ccccc5c5ccccc5c4cc3=C21. The first-order valence-corrected chi connectivity index (χ1v) is 18.0. The molecule has 51 heavy (non-hydrogen) atoms. The molecule has 0 saturated carbocycles. The fourth-order valence-corrected chi connectivity index (χ4v) is 9.42. The minimum Gasteiger partial charge on any atom is -0.0738 e. The molecule has 0 fully saturated rings. The lowest BCUT2D eigenvalue weighted by Crippen LogP contribution is -2.28. The fourth-order valence-electron chi connectivity index (χ4n) is 9.42. The standard InChI is InChI=1S/C51H34/c1-51(2)27-26-43(47-29-32-28-45-36-19-7-5-17-34(36)35-18-6-8-20-37(35)46(45)30-44(32)50(47)51)49-41-23-11-9-21-39(41)48(40-22-10-12-24-42(40)49)38-25-13-15-31-14-3-4-16-33(31)38/h3-30H,1-2H3. The number of allylic oxidation sites excluding steroid dienone is 4. The predicted molar refractivity (Wildman–Crippen MR) is 220 cm³/mol. The van der Waals surface area contributed by atoms with E-state index in [0.717, 1.165) is 0 Å². The smallest absolute Gasteiger partial charge is 0.00909 e. The van der Waals surface area contributed by atoms with E-state index < -0.39 is 0 Å². The Morgan fingerprint density at radius 3 is 1.47 bits per heavy atom. The summed E-state index contributed by atoms with van der Waals surface area (Å²) in [7, 11) is 0. The third kappa shape index (κ3) is 3.96. The summed E-state index contributed by atoms with van der Waals surface area (Å²) in [5, 5.41) is 18.3. The van der Waals surface area contributed by atoms with Gasteiger partial charge in [0.1, 0.15) is 0 Å². The van der Waals surface area contributed by atoms with Crippen LogP contribution in [0.4, 0.5) is 0 Å². The number of hydrogen-bond acceptors (Lipinski definition) is 0. The van der Waals surface area contributed by atoms with Crippen molar-refractivity contribution in [2.45, 2.75) is 13.8 Å². The minimum atomic E-state index is -0.130. The summed E-state index contributed by atoms with van der Waals surface area (Å²) in [4.78, 5) is 0. The molecule has 9 aromatic carbocycles. The quantitative estimate of drug-likeness (QED) is 0.129. The normalized spacial score (nSPS) is 15.0. The molecule has 2 aliphatic rings. The van der Waals surface area contributed by atoms with Crippen LogP contribution in [0.2, 0.25) is 0 Å². The molecule has 2 aliphatic carbocycles. The van der Waals surface area contributed by atoms with Crippen LogP contribution in [0, 0.1) is 5.41 Å². The lowest BCUT2D eigenvalue weighted by atomic mass is 9.73. The first-order chi connectivity index (χ1) is 25.1. The van der Waals surface area contributed by atoms with E-state index in [1.165, 1.54) is 108 Å². The van der Waals surface area contributed by atoms with Crippen LogP contribution in [0.1, 0.15) is 19.4 Å². The van der Waals surface area contributed by atoms with Crippen LogP contribution in [-0.2, 0) is 0 Å². The topological polar surface area (TPSA) is 0 Å². The van der Waals surface area contributed by atoms with E-state index in [2.05, 4.69) is 184 Å². The zero-order valence-electron chi connectivity index (χ0n) is 28.7. The molecule has 0 atom stereocenters. The van der Waals surface area contributed by atoms with Crippen molar-refractivity contribution in [3.05, 3.63) is 185 Å². The monoisotopic (exact) mass is 646 g/mol. The summed E-state index contributed by atoms with van der Waals surface area (Å²) < 4.78 is 0. The first-order valence-electron chi connectivity index (χ1n) is 18.0. The molecule has 9 aromatic rings. The Labute approximate surface area is 296 Å². The highest BCUT2D eigenvalue weighted by Crippen LogP contribution is 2.49. The van der Waals surface area contributed by atoms with Crippen molar-refractivity contribution in [3.8, 4) is 11.1 Å². The second kappa shape index (κ2) is 10.4. The lowest BCUT2D eigenvalue weighted by Gasteiger charge is -2.31. The molecule has 0 aliphatic heterocycles. The Kier molecular flexibility index (Phi) is 5.82. The molecule has 238 valence electrons. The highest BCUT2D eigenvalue weighted by atomic mass is 14.4. The molecule has 0 spiro atoms. The highest BCUT2D eigenvalue weighted by molar-refractivity contribution is 6.26. The van der Waals surface area contributed by atoms with Crippen LogP contribution in [0.3, 0.4) is 0 Å². The van der Waals surface area contributed by atoms with Crippen LogP contribution in [0.5, 0.6) is 0 Å². The van der Waals surface area contributed by atoms with E-state index in [4.69, 9.17) is 0 Å². The van der Waals surface area contributed by atoms with Crippen molar-refractivity contribution in [3.63, 3.8) is 0 Å². The minimum absolute atomic E-state index is 0.130. The Morgan fingerprint density at radius 2 is 0.863 bits per heavy atom. The van der Waals surface area contributed by atoms with Crippen molar-refractivity contribution in [2.75, 3.05) is 0 Å². The fraction of sp³-hybridized carbons (Fsp3) is 0.0588. The summed E-state index contributed by atoms with van der Waals surface area (Å²) in [6.45, 7) is 4.75. The van der Waals surface area contributed by atoms with Gasteiger partial charge in [-0.05, 0) is 127 Å². The van der Waals surface area contributed by atoms with Crippen LogP contribution < -0.4 is 10.4 Å². The predicted octanol–water partition coefficient (Wildman–Crippen LogP) is 12.3. The van der Waals surface area contributed by atoms with Gasteiger partial charge >= 0.3 is 0 Å². The Morgan fingerprint density at radius 1 is 0.392 bits per heavy atom. The number of rotatable bonds is 2. The van der Waals surface area contributed by atoms with Crippen molar-refractivity contribution in [1.82, 2.24) is 0 Å². The van der Waals surface area contributed by atoms with Crippen molar-refractivity contribution in [2.24, 2.45) is 5.41 Å². The summed E-state index contributed by atoms with van der Waals surface area (Å²) >= 11 is 0. The summed E-state index contributed by atoms with van der Waals surface area (Å²) in [6, 6.07) is 56.4. The van der Waals surface area contributed by atoms with Crippen LogP contribution in [-0.4, -0.2) is 0 Å². The molecular weight excluding hydrogens is 613 g/mol. The Hall–Kier alpha value is -6.24. The lowest BCUT2D eigenvalue weighted by molar-refractivity contribution is 0.645. The maximum atomic E-state index is 2.50. The van der Waals surface area contributed by atoms with E-state index in [0.29, 0.717) is 0 Å². The van der Waals surface area contributed by atoms with Gasteiger partial charge in [-0.15, -0.1) is 0 Å². The largest absolute Gasteiger partial charge is 0.0738 e. The van der Waals surface area contributed by atoms with E-state index >= 15 is 0 Å². The van der Waals surface area contributed by atoms with E-state index in [-0.39, 0.29) is 5.41 Å². The average molecular weight is 647 g/mol. The second-order valence-corrected chi connectivity index (χ2v) is 14.8. The zero-order chi connectivity index (χ0) is 33.8. The molecule has 0 bridgehead atoms.